The van der Waals surface area contributed by atoms with Crippen molar-refractivity contribution in [2.24, 2.45) is 0 Å². The molecule has 0 N–H and O–H groups in total. The summed E-state index contributed by atoms with van der Waals surface area (Å²) in [5.41, 5.74) is 1.65. The van der Waals surface area contributed by atoms with Crippen LogP contribution in [-0.2, 0) is 9.47 Å². The zero-order valence-corrected chi connectivity index (χ0v) is 14.7. The number of rotatable bonds is 5. The van der Waals surface area contributed by atoms with Crippen LogP contribution in [0.5, 0.6) is 0 Å². The van der Waals surface area contributed by atoms with Crippen LogP contribution in [0.4, 0.5) is 14.5 Å². The number of hydrogen-bond donors (Lipinski definition) is 0. The molecule has 1 aliphatic heterocycles. The summed E-state index contributed by atoms with van der Waals surface area (Å²) < 4.78 is 37.0. The van der Waals surface area contributed by atoms with Gasteiger partial charge in [-0.2, -0.15) is 0 Å². The molecule has 0 unspecified atom stereocenters. The first kappa shape index (κ1) is 18.1. The Kier molecular flexibility index (Phi) is 6.35. The highest BCUT2D eigenvalue weighted by Gasteiger charge is 2.27. The zero-order chi connectivity index (χ0) is 17.0. The maximum atomic E-state index is 13.1. The zero-order valence-electron chi connectivity index (χ0n) is 13.2. The third kappa shape index (κ3) is 4.41. The molecule has 23 heavy (non-hydrogen) atoms. The number of halogens is 3. The Balaban J connectivity index is 2.44. The molecule has 0 aromatic heterocycles. The van der Waals surface area contributed by atoms with Crippen LogP contribution in [0.25, 0.3) is 0 Å². The van der Waals surface area contributed by atoms with Crippen LogP contribution in [0.2, 0.25) is 0 Å². The fourth-order valence-electron chi connectivity index (χ4n) is 2.87. The summed E-state index contributed by atoms with van der Waals surface area (Å²) in [4.78, 5) is 13.6. The van der Waals surface area contributed by atoms with Crippen molar-refractivity contribution in [2.45, 2.75) is 32.2 Å². The average Bonchev–Trinajstić information content (AvgIpc) is 2.54. The fourth-order valence-corrected chi connectivity index (χ4v) is 3.32. The Morgan fingerprint density at radius 2 is 2.09 bits per heavy atom. The van der Waals surface area contributed by atoms with Gasteiger partial charge in [0, 0.05) is 29.4 Å². The molecule has 128 valence electrons. The maximum Gasteiger partial charge on any atom is 0.338 e. The predicted molar refractivity (Wildman–Crippen MR) is 87.4 cm³/mol. The van der Waals surface area contributed by atoms with Gasteiger partial charge in [-0.3, -0.25) is 0 Å². The van der Waals surface area contributed by atoms with Gasteiger partial charge in [0.05, 0.1) is 19.2 Å². The molecule has 7 heteroatoms. The number of methoxy groups -OCH3 is 1. The number of carbonyl (C=O) groups is 1. The minimum atomic E-state index is -2.46. The summed E-state index contributed by atoms with van der Waals surface area (Å²) in [7, 11) is 1.30. The molecule has 0 spiro atoms. The predicted octanol–water partition coefficient (Wildman–Crippen LogP) is 3.79. The first-order valence-electron chi connectivity index (χ1n) is 7.45. The molecule has 4 nitrogen and oxygen atoms in total. The smallest absolute Gasteiger partial charge is 0.338 e. The van der Waals surface area contributed by atoms with Crippen molar-refractivity contribution < 1.29 is 23.0 Å². The van der Waals surface area contributed by atoms with Crippen LogP contribution in [0.15, 0.2) is 16.6 Å². The highest BCUT2D eigenvalue weighted by Crippen LogP contribution is 2.32. The molecular weight excluding hydrogens is 372 g/mol. The van der Waals surface area contributed by atoms with Crippen LogP contribution in [-0.4, -0.2) is 45.3 Å². The summed E-state index contributed by atoms with van der Waals surface area (Å²) >= 11 is 3.36. The van der Waals surface area contributed by atoms with E-state index < -0.39 is 12.4 Å². The summed E-state index contributed by atoms with van der Waals surface area (Å²) in [6.07, 6.45) is -1.09. The van der Waals surface area contributed by atoms with Gasteiger partial charge in [0.2, 0.25) is 0 Å². The van der Waals surface area contributed by atoms with Crippen molar-refractivity contribution in [1.82, 2.24) is 0 Å². The molecule has 0 aliphatic carbocycles. The number of esters is 1. The van der Waals surface area contributed by atoms with Gasteiger partial charge in [0.15, 0.2) is 0 Å². The van der Waals surface area contributed by atoms with E-state index in [2.05, 4.69) is 15.9 Å². The largest absolute Gasteiger partial charge is 0.465 e. The minimum Gasteiger partial charge on any atom is -0.465 e. The van der Waals surface area contributed by atoms with E-state index >= 15 is 0 Å². The van der Waals surface area contributed by atoms with Crippen LogP contribution in [0.3, 0.4) is 0 Å². The molecule has 0 bridgehead atoms. The van der Waals surface area contributed by atoms with Gasteiger partial charge in [-0.05, 0) is 37.5 Å². The van der Waals surface area contributed by atoms with E-state index in [0.29, 0.717) is 47.3 Å². The molecule has 1 fully saturated rings. The summed E-state index contributed by atoms with van der Waals surface area (Å²) in [5.74, 6) is -0.478. The highest BCUT2D eigenvalue weighted by molar-refractivity contribution is 9.10. The lowest BCUT2D eigenvalue weighted by atomic mass is 10.0. The Bertz CT molecular complexity index is 563. The molecule has 1 heterocycles. The van der Waals surface area contributed by atoms with Gasteiger partial charge in [-0.1, -0.05) is 15.9 Å². The molecule has 0 radical (unpaired) electrons. The monoisotopic (exact) mass is 391 g/mol. The second kappa shape index (κ2) is 8.06. The molecular formula is C16H20BrF2NO3. The molecule has 0 saturated carbocycles. The van der Waals surface area contributed by atoms with Crippen molar-refractivity contribution in [3.63, 3.8) is 0 Å². The van der Waals surface area contributed by atoms with E-state index in [1.54, 1.807) is 24.0 Å². The number of hydrogen-bond acceptors (Lipinski definition) is 4. The number of carbonyl (C=O) groups excluding carboxylic acids is 1. The van der Waals surface area contributed by atoms with Crippen LogP contribution in [0, 0.1) is 6.92 Å². The molecule has 1 saturated heterocycles. The van der Waals surface area contributed by atoms with Crippen LogP contribution in [0.1, 0.15) is 28.8 Å². The van der Waals surface area contributed by atoms with Crippen molar-refractivity contribution >= 4 is 27.6 Å². The van der Waals surface area contributed by atoms with Crippen molar-refractivity contribution in [2.75, 3.05) is 31.8 Å². The molecule has 2 rings (SSSR count). The molecule has 1 aromatic rings. The third-order valence-corrected chi connectivity index (χ3v) is 4.48. The topological polar surface area (TPSA) is 38.8 Å². The SMILES string of the molecule is COC(=O)c1cc(Br)cc(N(CC(F)F)C2CCOCC2)c1C. The van der Waals surface area contributed by atoms with Crippen LogP contribution < -0.4 is 4.90 Å². The van der Waals surface area contributed by atoms with E-state index in [0.717, 1.165) is 0 Å². The minimum absolute atomic E-state index is 0.0313. The van der Waals surface area contributed by atoms with Crippen molar-refractivity contribution in [3.05, 3.63) is 27.7 Å². The number of alkyl halides is 2. The lowest BCUT2D eigenvalue weighted by Gasteiger charge is -2.37. The van der Waals surface area contributed by atoms with Gasteiger partial charge >= 0.3 is 5.97 Å². The normalized spacial score (nSPS) is 15.7. The van der Waals surface area contributed by atoms with E-state index in [9.17, 15) is 13.6 Å². The Morgan fingerprint density at radius 1 is 1.43 bits per heavy atom. The third-order valence-electron chi connectivity index (χ3n) is 4.03. The van der Waals surface area contributed by atoms with E-state index in [-0.39, 0.29) is 12.6 Å². The van der Waals surface area contributed by atoms with Gasteiger partial charge in [-0.15, -0.1) is 0 Å². The van der Waals surface area contributed by atoms with Gasteiger partial charge in [0.25, 0.3) is 6.43 Å². The van der Waals surface area contributed by atoms with Gasteiger partial charge in [-0.25, -0.2) is 13.6 Å². The lowest BCUT2D eigenvalue weighted by Crippen LogP contribution is -2.42. The van der Waals surface area contributed by atoms with E-state index in [1.807, 2.05) is 0 Å². The van der Waals surface area contributed by atoms with Crippen molar-refractivity contribution in [3.8, 4) is 0 Å². The summed E-state index contributed by atoms with van der Waals surface area (Å²) in [6, 6.07) is 3.39. The Labute approximate surface area is 142 Å². The van der Waals surface area contributed by atoms with E-state index in [1.165, 1.54) is 7.11 Å². The Hall–Kier alpha value is -1.21. The fraction of sp³-hybridized carbons (Fsp3) is 0.562. The highest BCUT2D eigenvalue weighted by atomic mass is 79.9. The number of benzene rings is 1. The lowest BCUT2D eigenvalue weighted by molar-refractivity contribution is 0.0599. The standard InChI is InChI=1S/C16H20BrF2NO3/c1-10-13(16(21)22-2)7-11(17)8-14(10)20(9-15(18)19)12-3-5-23-6-4-12/h7-8,12,15H,3-6,9H2,1-2H3. The summed E-state index contributed by atoms with van der Waals surface area (Å²) in [5, 5.41) is 0. The Morgan fingerprint density at radius 3 is 2.65 bits per heavy atom. The van der Waals surface area contributed by atoms with Gasteiger partial charge < -0.3 is 14.4 Å². The number of anilines is 1. The molecule has 1 aromatic carbocycles. The second-order valence-corrected chi connectivity index (χ2v) is 6.39. The van der Waals surface area contributed by atoms with Gasteiger partial charge in [0.1, 0.15) is 0 Å². The quantitative estimate of drug-likeness (QED) is 0.715. The van der Waals surface area contributed by atoms with Crippen molar-refractivity contribution in [1.29, 1.82) is 0 Å². The maximum absolute atomic E-state index is 13.1. The number of ether oxygens (including phenoxy) is 2. The first-order chi connectivity index (χ1) is 10.9. The van der Waals surface area contributed by atoms with E-state index in [4.69, 9.17) is 9.47 Å². The molecule has 0 atom stereocenters. The molecule has 1 aliphatic rings. The molecule has 0 amide bonds. The second-order valence-electron chi connectivity index (χ2n) is 5.48. The first-order valence-corrected chi connectivity index (χ1v) is 8.24. The van der Waals surface area contributed by atoms with Crippen LogP contribution >= 0.6 is 15.9 Å². The average molecular weight is 392 g/mol. The number of nitrogens with zero attached hydrogens (tertiary/aromatic N) is 1. The summed E-state index contributed by atoms with van der Waals surface area (Å²) in [6.45, 7) is 2.50.